The lowest BCUT2D eigenvalue weighted by atomic mass is 9.97. The van der Waals surface area contributed by atoms with Crippen LogP contribution in [0.3, 0.4) is 0 Å². The number of nitrogens with zero attached hydrogens (tertiary/aromatic N) is 1. The predicted octanol–water partition coefficient (Wildman–Crippen LogP) is 4.19. The predicted molar refractivity (Wildman–Crippen MR) is 115 cm³/mol. The van der Waals surface area contributed by atoms with Gasteiger partial charge in [0.05, 0.1) is 11.3 Å². The Morgan fingerprint density at radius 3 is 2.43 bits per heavy atom. The molecule has 2 amide bonds. The third-order valence-corrected chi connectivity index (χ3v) is 5.48. The number of amides is 2. The summed E-state index contributed by atoms with van der Waals surface area (Å²) in [4.78, 5) is 39.6. The first-order valence-corrected chi connectivity index (χ1v) is 10.3. The van der Waals surface area contributed by atoms with E-state index in [-0.39, 0.29) is 36.1 Å². The highest BCUT2D eigenvalue weighted by molar-refractivity contribution is 6.08. The largest absolute Gasteiger partial charge is 0.452 e. The van der Waals surface area contributed by atoms with Crippen molar-refractivity contribution in [3.05, 3.63) is 65.2 Å². The lowest BCUT2D eigenvalue weighted by Crippen LogP contribution is -2.49. The molecule has 0 unspecified atom stereocenters. The van der Waals surface area contributed by atoms with Crippen molar-refractivity contribution < 1.29 is 19.1 Å². The molecule has 1 heterocycles. The Hall–Kier alpha value is -3.15. The molecule has 158 valence electrons. The Bertz CT molecular complexity index is 930. The highest BCUT2D eigenvalue weighted by atomic mass is 16.5. The number of hydrogen-bond acceptors (Lipinski definition) is 4. The number of piperidine rings is 1. The Morgan fingerprint density at radius 1 is 1.03 bits per heavy atom. The van der Waals surface area contributed by atoms with Crippen molar-refractivity contribution in [2.75, 3.05) is 11.9 Å². The van der Waals surface area contributed by atoms with Crippen molar-refractivity contribution in [2.45, 2.75) is 52.1 Å². The molecule has 0 spiro atoms. The van der Waals surface area contributed by atoms with Crippen molar-refractivity contribution in [1.82, 2.24) is 4.90 Å². The van der Waals surface area contributed by atoms with E-state index >= 15 is 0 Å². The average molecular weight is 408 g/mol. The van der Waals surface area contributed by atoms with E-state index in [4.69, 9.17) is 4.74 Å². The molecule has 1 fully saturated rings. The maximum atomic E-state index is 12.6. The van der Waals surface area contributed by atoms with Gasteiger partial charge >= 0.3 is 5.97 Å². The van der Waals surface area contributed by atoms with Crippen molar-refractivity contribution >= 4 is 23.5 Å². The second-order valence-corrected chi connectivity index (χ2v) is 7.88. The molecule has 2 aromatic rings. The Balaban J connectivity index is 1.67. The van der Waals surface area contributed by atoms with Crippen LogP contribution in [0.1, 0.15) is 59.4 Å². The van der Waals surface area contributed by atoms with Gasteiger partial charge in [-0.25, -0.2) is 4.79 Å². The number of carbonyl (C=O) groups is 3. The number of nitrogens with one attached hydrogen (secondary N) is 1. The minimum absolute atomic E-state index is 0.140. The van der Waals surface area contributed by atoms with Crippen LogP contribution in [0.25, 0.3) is 0 Å². The van der Waals surface area contributed by atoms with E-state index in [0.717, 1.165) is 24.8 Å². The summed E-state index contributed by atoms with van der Waals surface area (Å²) in [6.07, 6.45) is 3.01. The minimum atomic E-state index is -0.638. The second kappa shape index (κ2) is 9.57. The first kappa shape index (κ1) is 21.6. The Morgan fingerprint density at radius 2 is 1.73 bits per heavy atom. The van der Waals surface area contributed by atoms with Gasteiger partial charge in [-0.15, -0.1) is 0 Å². The maximum absolute atomic E-state index is 12.6. The van der Waals surface area contributed by atoms with Crippen LogP contribution in [0.4, 0.5) is 5.69 Å². The molecule has 1 saturated heterocycles. The van der Waals surface area contributed by atoms with Gasteiger partial charge < -0.3 is 15.0 Å². The van der Waals surface area contributed by atoms with Gasteiger partial charge in [-0.1, -0.05) is 29.8 Å². The third-order valence-electron chi connectivity index (χ3n) is 5.48. The molecule has 3 rings (SSSR count). The lowest BCUT2D eigenvalue weighted by molar-refractivity contribution is -0.140. The first-order valence-electron chi connectivity index (χ1n) is 10.3. The summed E-state index contributed by atoms with van der Waals surface area (Å²) in [7, 11) is 0. The standard InChI is InChI=1S/C24H28N2O4/c1-16-8-6-11-19(14-16)23(28)25-21-13-5-4-12-20(21)24(29)30-15-22(27)26-17(2)9-7-10-18(26)3/h4-6,8,11-14,17-18H,7,9-10,15H2,1-3H3,(H,25,28)/t17-,18+. The zero-order chi connectivity index (χ0) is 21.7. The summed E-state index contributed by atoms with van der Waals surface area (Å²) in [5.41, 5.74) is 2.03. The molecule has 6 heteroatoms. The molecule has 30 heavy (non-hydrogen) atoms. The van der Waals surface area contributed by atoms with Gasteiger partial charge in [0, 0.05) is 17.6 Å². The van der Waals surface area contributed by atoms with Crippen molar-refractivity contribution in [1.29, 1.82) is 0 Å². The van der Waals surface area contributed by atoms with Gasteiger partial charge in [-0.2, -0.15) is 0 Å². The summed E-state index contributed by atoms with van der Waals surface area (Å²) in [5, 5.41) is 2.76. The van der Waals surface area contributed by atoms with E-state index in [1.165, 1.54) is 0 Å². The Labute approximate surface area is 177 Å². The van der Waals surface area contributed by atoms with Crippen LogP contribution < -0.4 is 5.32 Å². The van der Waals surface area contributed by atoms with Crippen molar-refractivity contribution in [2.24, 2.45) is 0 Å². The van der Waals surface area contributed by atoms with E-state index in [1.54, 1.807) is 42.5 Å². The number of rotatable bonds is 5. The molecular weight excluding hydrogens is 380 g/mol. The number of aryl methyl sites for hydroxylation is 1. The molecular formula is C24H28N2O4. The van der Waals surface area contributed by atoms with Gasteiger partial charge in [0.25, 0.3) is 11.8 Å². The van der Waals surface area contributed by atoms with Crippen molar-refractivity contribution in [3.63, 3.8) is 0 Å². The summed E-state index contributed by atoms with van der Waals surface area (Å²) in [6, 6.07) is 14.1. The maximum Gasteiger partial charge on any atom is 0.340 e. The van der Waals surface area contributed by atoms with E-state index in [0.29, 0.717) is 11.3 Å². The van der Waals surface area contributed by atoms with Crippen LogP contribution in [0.5, 0.6) is 0 Å². The van der Waals surface area contributed by atoms with E-state index < -0.39 is 5.97 Å². The highest BCUT2D eigenvalue weighted by Gasteiger charge is 2.29. The fourth-order valence-corrected chi connectivity index (χ4v) is 3.94. The summed E-state index contributed by atoms with van der Waals surface area (Å²) in [5.74, 6) is -1.14. The molecule has 0 bridgehead atoms. The molecule has 0 saturated carbocycles. The molecule has 6 nitrogen and oxygen atoms in total. The minimum Gasteiger partial charge on any atom is -0.452 e. The van der Waals surface area contributed by atoms with Gasteiger partial charge in [0.15, 0.2) is 6.61 Å². The number of esters is 1. The van der Waals surface area contributed by atoms with Gasteiger partial charge in [0.1, 0.15) is 0 Å². The number of hydrogen-bond donors (Lipinski definition) is 1. The number of benzene rings is 2. The average Bonchev–Trinajstić information content (AvgIpc) is 2.72. The SMILES string of the molecule is Cc1cccc(C(=O)Nc2ccccc2C(=O)OCC(=O)N2[C@H](C)CCC[C@@H]2C)c1. The quantitative estimate of drug-likeness (QED) is 0.753. The molecule has 0 radical (unpaired) electrons. The van der Waals surface area contributed by atoms with Crippen molar-refractivity contribution in [3.8, 4) is 0 Å². The monoisotopic (exact) mass is 408 g/mol. The Kier molecular flexibility index (Phi) is 6.87. The summed E-state index contributed by atoms with van der Waals surface area (Å²) >= 11 is 0. The van der Waals surface area contributed by atoms with Crippen LogP contribution >= 0.6 is 0 Å². The number of para-hydroxylation sites is 1. The topological polar surface area (TPSA) is 75.7 Å². The van der Waals surface area contributed by atoms with Crippen LogP contribution in [0.2, 0.25) is 0 Å². The molecule has 2 atom stereocenters. The summed E-state index contributed by atoms with van der Waals surface area (Å²) in [6.45, 7) is 5.63. The fraction of sp³-hybridized carbons (Fsp3) is 0.375. The summed E-state index contributed by atoms with van der Waals surface area (Å²) < 4.78 is 5.31. The van der Waals surface area contributed by atoms with E-state index in [2.05, 4.69) is 5.32 Å². The molecule has 2 aromatic carbocycles. The number of carbonyl (C=O) groups excluding carboxylic acids is 3. The molecule has 0 aromatic heterocycles. The normalized spacial score (nSPS) is 18.6. The molecule has 1 N–H and O–H groups in total. The lowest BCUT2D eigenvalue weighted by Gasteiger charge is -2.38. The van der Waals surface area contributed by atoms with E-state index in [1.807, 2.05) is 31.7 Å². The molecule has 0 aliphatic carbocycles. The highest BCUT2D eigenvalue weighted by Crippen LogP contribution is 2.23. The van der Waals surface area contributed by atoms with Crippen LogP contribution in [0.15, 0.2) is 48.5 Å². The second-order valence-electron chi connectivity index (χ2n) is 7.88. The van der Waals surface area contributed by atoms with Gasteiger partial charge in [0.2, 0.25) is 0 Å². The smallest absolute Gasteiger partial charge is 0.340 e. The van der Waals surface area contributed by atoms with Crippen LogP contribution in [0, 0.1) is 6.92 Å². The fourth-order valence-electron chi connectivity index (χ4n) is 3.94. The van der Waals surface area contributed by atoms with Gasteiger partial charge in [-0.05, 0) is 64.3 Å². The van der Waals surface area contributed by atoms with Crippen LogP contribution in [-0.4, -0.2) is 41.4 Å². The van der Waals surface area contributed by atoms with Gasteiger partial charge in [-0.3, -0.25) is 9.59 Å². The first-order chi connectivity index (χ1) is 14.4. The zero-order valence-corrected chi connectivity index (χ0v) is 17.7. The zero-order valence-electron chi connectivity index (χ0n) is 17.7. The van der Waals surface area contributed by atoms with Crippen LogP contribution in [-0.2, 0) is 9.53 Å². The number of anilines is 1. The number of ether oxygens (including phenoxy) is 1. The van der Waals surface area contributed by atoms with E-state index in [9.17, 15) is 14.4 Å². The molecule has 1 aliphatic rings. The number of likely N-dealkylation sites (tertiary alicyclic amines) is 1. The molecule has 1 aliphatic heterocycles. The third kappa shape index (κ3) is 5.06.